The highest BCUT2D eigenvalue weighted by atomic mass is 32.2. The molecule has 1 aromatic heterocycles. The van der Waals surface area contributed by atoms with Crippen molar-refractivity contribution in [3.05, 3.63) is 54.3 Å². The maximum Gasteiger partial charge on any atom is 0.435 e. The summed E-state index contributed by atoms with van der Waals surface area (Å²) in [7, 11) is -1.93. The van der Waals surface area contributed by atoms with Gasteiger partial charge < -0.3 is 10.7 Å². The second kappa shape index (κ2) is 10.6. The van der Waals surface area contributed by atoms with Gasteiger partial charge in [0, 0.05) is 37.5 Å². The number of hydrogen-bond acceptors (Lipinski definition) is 6. The molecule has 0 fully saturated rings. The Morgan fingerprint density at radius 2 is 2.10 bits per heavy atom. The lowest BCUT2D eigenvalue weighted by Crippen LogP contribution is -2.26. The van der Waals surface area contributed by atoms with Crippen molar-refractivity contribution in [3.8, 4) is 0 Å². The van der Waals surface area contributed by atoms with E-state index in [1.807, 2.05) is 0 Å². The van der Waals surface area contributed by atoms with Crippen LogP contribution in [0.15, 0.2) is 48.1 Å². The quantitative estimate of drug-likeness (QED) is 0.365. The number of nitrogens with zero attached hydrogens (tertiary/aromatic N) is 3. The molecule has 13 heteroatoms. The van der Waals surface area contributed by atoms with E-state index in [2.05, 4.69) is 26.0 Å². The van der Waals surface area contributed by atoms with Gasteiger partial charge in [-0.25, -0.2) is 17.1 Å². The number of nitrogens with one attached hydrogen (secondary N) is 3. The molecule has 0 saturated carbocycles. The lowest BCUT2D eigenvalue weighted by atomic mass is 10.0. The number of hydrazone groups is 1. The summed E-state index contributed by atoms with van der Waals surface area (Å²) in [4.78, 5) is 0. The average Bonchev–Trinajstić information content (AvgIpc) is 3.32. The standard InChI is InChI=1S/C18H24F4N6O2S/c1-28(31(2,29)30)10-4-3-5-16(14-12-25-27-17(14)18(20,21)22)23-9-7-13-11-24-26-15(13)6-8-19/h3,5-9,11-13,15-16,23,26H,4,10H2,1-2H3,(H,25,27)/b5-3+,8-6+,9-7+. The first-order valence-corrected chi connectivity index (χ1v) is 11.1. The highest BCUT2D eigenvalue weighted by Crippen LogP contribution is 2.33. The summed E-state index contributed by atoms with van der Waals surface area (Å²) >= 11 is 0. The molecule has 0 aromatic carbocycles. The molecule has 2 heterocycles. The number of aromatic nitrogens is 2. The van der Waals surface area contributed by atoms with Gasteiger partial charge in [0.2, 0.25) is 10.0 Å². The van der Waals surface area contributed by atoms with E-state index >= 15 is 0 Å². The average molecular weight is 464 g/mol. The van der Waals surface area contributed by atoms with Crippen LogP contribution in [-0.2, 0) is 16.2 Å². The van der Waals surface area contributed by atoms with Gasteiger partial charge in [-0.15, -0.1) is 0 Å². The van der Waals surface area contributed by atoms with Crippen molar-refractivity contribution < 1.29 is 26.0 Å². The van der Waals surface area contributed by atoms with E-state index in [1.54, 1.807) is 18.4 Å². The lowest BCUT2D eigenvalue weighted by Gasteiger charge is -2.16. The Morgan fingerprint density at radius 3 is 2.74 bits per heavy atom. The third-order valence-corrected chi connectivity index (χ3v) is 5.85. The van der Waals surface area contributed by atoms with Crippen LogP contribution in [0.4, 0.5) is 17.6 Å². The van der Waals surface area contributed by atoms with Crippen molar-refractivity contribution >= 4 is 16.2 Å². The van der Waals surface area contributed by atoms with Crippen LogP contribution < -0.4 is 10.7 Å². The van der Waals surface area contributed by atoms with E-state index < -0.39 is 34.0 Å². The first-order valence-electron chi connectivity index (χ1n) is 9.21. The number of H-pyrrole nitrogens is 1. The van der Waals surface area contributed by atoms with Crippen molar-refractivity contribution in [2.24, 2.45) is 11.0 Å². The van der Waals surface area contributed by atoms with Gasteiger partial charge in [-0.1, -0.05) is 18.2 Å². The maximum absolute atomic E-state index is 13.3. The van der Waals surface area contributed by atoms with Crippen LogP contribution in [0.2, 0.25) is 0 Å². The molecule has 0 spiro atoms. The summed E-state index contributed by atoms with van der Waals surface area (Å²) in [6.45, 7) is 0.177. The normalized spacial score (nSPS) is 21.0. The molecule has 1 aliphatic rings. The first-order chi connectivity index (χ1) is 14.5. The van der Waals surface area contributed by atoms with Gasteiger partial charge in [0.1, 0.15) is 0 Å². The molecular formula is C18H24F4N6O2S. The molecule has 3 unspecified atom stereocenters. The number of halogens is 4. The van der Waals surface area contributed by atoms with Crippen LogP contribution in [0.25, 0.3) is 0 Å². The van der Waals surface area contributed by atoms with Crippen LogP contribution >= 0.6 is 0 Å². The molecule has 1 aliphatic heterocycles. The van der Waals surface area contributed by atoms with Gasteiger partial charge in [-0.05, 0) is 18.7 Å². The van der Waals surface area contributed by atoms with Gasteiger partial charge in [0.25, 0.3) is 0 Å². The number of rotatable bonds is 10. The van der Waals surface area contributed by atoms with Crippen LogP contribution in [0, 0.1) is 5.92 Å². The molecule has 0 saturated heterocycles. The van der Waals surface area contributed by atoms with Crippen LogP contribution in [0.3, 0.4) is 0 Å². The predicted octanol–water partition coefficient (Wildman–Crippen LogP) is 2.47. The molecule has 0 radical (unpaired) electrons. The molecule has 3 atom stereocenters. The van der Waals surface area contributed by atoms with Gasteiger partial charge in [0.15, 0.2) is 5.69 Å². The van der Waals surface area contributed by atoms with Crippen molar-refractivity contribution in [3.63, 3.8) is 0 Å². The fraction of sp³-hybridized carbons (Fsp3) is 0.444. The Balaban J connectivity index is 2.15. The van der Waals surface area contributed by atoms with Crippen LogP contribution in [0.1, 0.15) is 23.7 Å². The van der Waals surface area contributed by atoms with E-state index in [4.69, 9.17) is 0 Å². The van der Waals surface area contributed by atoms with E-state index in [0.717, 1.165) is 16.8 Å². The Morgan fingerprint density at radius 1 is 1.35 bits per heavy atom. The van der Waals surface area contributed by atoms with Crippen molar-refractivity contribution in [1.82, 2.24) is 25.2 Å². The summed E-state index contributed by atoms with van der Waals surface area (Å²) in [5.41, 5.74) is 1.52. The number of hydrogen-bond donors (Lipinski definition) is 3. The molecule has 0 bridgehead atoms. The third kappa shape index (κ3) is 7.21. The van der Waals surface area contributed by atoms with Crippen molar-refractivity contribution in [1.29, 1.82) is 0 Å². The minimum Gasteiger partial charge on any atom is -0.381 e. The fourth-order valence-corrected chi connectivity index (χ4v) is 3.19. The largest absolute Gasteiger partial charge is 0.435 e. The molecule has 0 aliphatic carbocycles. The molecule has 172 valence electrons. The zero-order chi connectivity index (χ0) is 23.1. The third-order valence-electron chi connectivity index (χ3n) is 4.54. The molecule has 0 amide bonds. The van der Waals surface area contributed by atoms with E-state index in [0.29, 0.717) is 12.8 Å². The Kier molecular flexibility index (Phi) is 8.39. The predicted molar refractivity (Wildman–Crippen MR) is 109 cm³/mol. The summed E-state index contributed by atoms with van der Waals surface area (Å²) in [5.74, 6) is -0.293. The van der Waals surface area contributed by atoms with Gasteiger partial charge in [-0.3, -0.25) is 5.10 Å². The number of sulfonamides is 1. The van der Waals surface area contributed by atoms with Gasteiger partial charge >= 0.3 is 6.18 Å². The van der Waals surface area contributed by atoms with Crippen molar-refractivity contribution in [2.75, 3.05) is 19.8 Å². The summed E-state index contributed by atoms with van der Waals surface area (Å²) in [5, 5.41) is 12.3. The summed E-state index contributed by atoms with van der Waals surface area (Å²) in [6, 6.07) is -1.29. The van der Waals surface area contributed by atoms with Crippen molar-refractivity contribution in [2.45, 2.75) is 24.7 Å². The molecule has 3 N–H and O–H groups in total. The Labute approximate surface area is 177 Å². The maximum atomic E-state index is 13.3. The lowest BCUT2D eigenvalue weighted by molar-refractivity contribution is -0.141. The second-order valence-corrected chi connectivity index (χ2v) is 8.91. The smallest absolute Gasteiger partial charge is 0.381 e. The number of aromatic amines is 1. The minimum atomic E-state index is -4.65. The highest BCUT2D eigenvalue weighted by Gasteiger charge is 2.37. The van der Waals surface area contributed by atoms with Crippen LogP contribution in [0.5, 0.6) is 0 Å². The monoisotopic (exact) mass is 464 g/mol. The molecule has 31 heavy (non-hydrogen) atoms. The highest BCUT2D eigenvalue weighted by molar-refractivity contribution is 7.88. The SMILES string of the molecule is CN(CC/C=C/C(N/C=C/C1C=NNC1/C=C/F)c1c[nH]nc1C(F)(F)F)S(C)(=O)=O. The van der Waals surface area contributed by atoms with Gasteiger partial charge in [0.05, 0.1) is 24.7 Å². The molecule has 1 aromatic rings. The van der Waals surface area contributed by atoms with Crippen LogP contribution in [-0.4, -0.2) is 55.0 Å². The zero-order valence-electron chi connectivity index (χ0n) is 16.8. The Hall–Kier alpha value is -2.67. The van der Waals surface area contributed by atoms with E-state index in [1.165, 1.54) is 25.4 Å². The second-order valence-electron chi connectivity index (χ2n) is 6.82. The zero-order valence-corrected chi connectivity index (χ0v) is 17.7. The number of alkyl halides is 3. The summed E-state index contributed by atoms with van der Waals surface area (Å²) in [6.07, 6.45) is 7.27. The summed E-state index contributed by atoms with van der Waals surface area (Å²) < 4.78 is 76.3. The minimum absolute atomic E-state index is 0.122. The molecule has 8 nitrogen and oxygen atoms in total. The molecular weight excluding hydrogens is 440 g/mol. The first kappa shape index (κ1) is 24.6. The fourth-order valence-electron chi connectivity index (χ4n) is 2.75. The topological polar surface area (TPSA) is 102 Å². The Bertz CT molecular complexity index is 939. The van der Waals surface area contributed by atoms with Gasteiger partial charge in [-0.2, -0.15) is 23.4 Å². The molecule has 2 rings (SSSR count). The van der Waals surface area contributed by atoms with E-state index in [-0.39, 0.29) is 18.0 Å². The van der Waals surface area contributed by atoms with E-state index in [9.17, 15) is 26.0 Å².